The van der Waals surface area contributed by atoms with Gasteiger partial charge < -0.3 is 18.9 Å². The molecule has 5 heteroatoms. The van der Waals surface area contributed by atoms with Gasteiger partial charge in [0.2, 0.25) is 0 Å². The van der Waals surface area contributed by atoms with Crippen molar-refractivity contribution in [2.24, 2.45) is 5.92 Å². The van der Waals surface area contributed by atoms with Crippen LogP contribution in [0.5, 0.6) is 11.5 Å². The molecule has 0 saturated carbocycles. The zero-order valence-corrected chi connectivity index (χ0v) is 16.3. The highest BCUT2D eigenvalue weighted by Crippen LogP contribution is 2.14. The van der Waals surface area contributed by atoms with Gasteiger partial charge in [-0.3, -0.25) is 4.79 Å². The zero-order valence-electron chi connectivity index (χ0n) is 16.3. The van der Waals surface area contributed by atoms with Crippen molar-refractivity contribution in [1.82, 2.24) is 0 Å². The van der Waals surface area contributed by atoms with Gasteiger partial charge in [0.05, 0.1) is 46.6 Å². The second-order valence-electron chi connectivity index (χ2n) is 6.24. The maximum absolute atomic E-state index is 12.2. The molecule has 0 saturated heterocycles. The summed E-state index contributed by atoms with van der Waals surface area (Å²) < 4.78 is 21.8. The van der Waals surface area contributed by atoms with Gasteiger partial charge in [-0.15, -0.1) is 0 Å². The molecular weight excluding hydrogens is 344 g/mol. The number of hydrogen-bond donors (Lipinski definition) is 0. The first-order chi connectivity index (χ1) is 13.2. The summed E-state index contributed by atoms with van der Waals surface area (Å²) in [6.45, 7) is 3.47. The number of carbonyl (C=O) groups excluding carboxylic acids is 1. The molecule has 2 rings (SSSR count). The monoisotopic (exact) mass is 372 g/mol. The third-order valence-corrected chi connectivity index (χ3v) is 4.30. The topological polar surface area (TPSA) is 54.0 Å². The first-order valence-corrected chi connectivity index (χ1v) is 9.10. The normalized spacial score (nSPS) is 10.8. The predicted octanol–water partition coefficient (Wildman–Crippen LogP) is 4.03. The number of benzene rings is 2. The van der Waals surface area contributed by atoms with E-state index < -0.39 is 0 Å². The Hall–Kier alpha value is -2.37. The van der Waals surface area contributed by atoms with Crippen LogP contribution in [0.25, 0.3) is 0 Å². The van der Waals surface area contributed by atoms with E-state index in [1.807, 2.05) is 55.5 Å². The number of ether oxygens (including phenoxy) is 4. The van der Waals surface area contributed by atoms with Crippen molar-refractivity contribution in [2.45, 2.75) is 26.6 Å². The Morgan fingerprint density at radius 2 is 1.19 bits per heavy atom. The van der Waals surface area contributed by atoms with Crippen LogP contribution in [-0.2, 0) is 27.5 Å². The maximum atomic E-state index is 12.2. The molecule has 0 fully saturated rings. The fourth-order valence-corrected chi connectivity index (χ4v) is 2.60. The van der Waals surface area contributed by atoms with Crippen LogP contribution in [0.3, 0.4) is 0 Å². The van der Waals surface area contributed by atoms with Gasteiger partial charge in [-0.2, -0.15) is 0 Å². The summed E-state index contributed by atoms with van der Waals surface area (Å²) in [4.78, 5) is 12.2. The molecular formula is C22H28O5. The van der Waals surface area contributed by atoms with Gasteiger partial charge in [0.25, 0.3) is 0 Å². The van der Waals surface area contributed by atoms with Crippen LogP contribution in [0.1, 0.15) is 24.5 Å². The Kier molecular flexibility index (Phi) is 8.81. The molecule has 2 aromatic carbocycles. The lowest BCUT2D eigenvalue weighted by Gasteiger charge is -2.16. The average molecular weight is 372 g/mol. The van der Waals surface area contributed by atoms with Gasteiger partial charge in [-0.05, 0) is 35.4 Å². The molecule has 0 aliphatic heterocycles. The van der Waals surface area contributed by atoms with Crippen molar-refractivity contribution in [3.8, 4) is 11.5 Å². The quantitative estimate of drug-likeness (QED) is 0.563. The Balaban J connectivity index is 1.78. The summed E-state index contributed by atoms with van der Waals surface area (Å²) in [6.07, 6.45) is 0.475. The van der Waals surface area contributed by atoms with E-state index in [9.17, 15) is 4.79 Å². The Morgan fingerprint density at radius 1 is 0.778 bits per heavy atom. The minimum atomic E-state index is -0.258. The standard InChI is InChI=1S/C22H28O5/c1-4-22(23)19(15-26-13-17-5-9-20(24-2)10-6-17)16-27-14-18-7-11-21(25-3)12-8-18/h5-12,19H,4,13-16H2,1-3H3. The molecule has 0 bridgehead atoms. The van der Waals surface area contributed by atoms with Crippen LogP contribution in [0.15, 0.2) is 48.5 Å². The minimum Gasteiger partial charge on any atom is -0.497 e. The predicted molar refractivity (Wildman–Crippen MR) is 104 cm³/mol. The first-order valence-electron chi connectivity index (χ1n) is 9.10. The summed E-state index contributed by atoms with van der Waals surface area (Å²) in [7, 11) is 3.27. The second kappa shape index (κ2) is 11.4. The van der Waals surface area contributed by atoms with E-state index in [1.165, 1.54) is 0 Å². The lowest BCUT2D eigenvalue weighted by atomic mass is 10.0. The summed E-state index contributed by atoms with van der Waals surface area (Å²) in [5, 5.41) is 0. The summed E-state index contributed by atoms with van der Waals surface area (Å²) in [5.74, 6) is 1.51. The highest BCUT2D eigenvalue weighted by molar-refractivity contribution is 5.80. The molecule has 0 atom stereocenters. The molecule has 0 amide bonds. The number of carbonyl (C=O) groups is 1. The molecule has 0 aliphatic rings. The van der Waals surface area contributed by atoms with Crippen molar-refractivity contribution in [3.63, 3.8) is 0 Å². The van der Waals surface area contributed by atoms with Crippen LogP contribution in [-0.4, -0.2) is 33.2 Å². The second-order valence-corrected chi connectivity index (χ2v) is 6.24. The lowest BCUT2D eigenvalue weighted by molar-refractivity contribution is -0.127. The zero-order chi connectivity index (χ0) is 19.5. The first kappa shape index (κ1) is 20.9. The fraction of sp³-hybridized carbons (Fsp3) is 0.409. The highest BCUT2D eigenvalue weighted by Gasteiger charge is 2.17. The van der Waals surface area contributed by atoms with E-state index in [4.69, 9.17) is 18.9 Å². The Labute approximate surface area is 161 Å². The van der Waals surface area contributed by atoms with Crippen LogP contribution < -0.4 is 9.47 Å². The van der Waals surface area contributed by atoms with Crippen molar-refractivity contribution in [2.75, 3.05) is 27.4 Å². The number of methoxy groups -OCH3 is 2. The third-order valence-electron chi connectivity index (χ3n) is 4.30. The van der Waals surface area contributed by atoms with Gasteiger partial charge in [-0.25, -0.2) is 0 Å². The number of rotatable bonds is 12. The molecule has 0 N–H and O–H groups in total. The molecule has 0 aromatic heterocycles. The van der Waals surface area contributed by atoms with Crippen LogP contribution in [0.4, 0.5) is 0 Å². The highest BCUT2D eigenvalue weighted by atomic mass is 16.5. The number of hydrogen-bond acceptors (Lipinski definition) is 5. The van der Waals surface area contributed by atoms with Gasteiger partial charge >= 0.3 is 0 Å². The van der Waals surface area contributed by atoms with Gasteiger partial charge in [0, 0.05) is 6.42 Å². The summed E-state index contributed by atoms with van der Waals surface area (Å²) >= 11 is 0. The molecule has 0 unspecified atom stereocenters. The summed E-state index contributed by atoms with van der Waals surface area (Å²) in [5.41, 5.74) is 2.08. The Morgan fingerprint density at radius 3 is 1.52 bits per heavy atom. The van der Waals surface area contributed by atoms with Crippen molar-refractivity contribution in [1.29, 1.82) is 0 Å². The SMILES string of the molecule is CCC(=O)C(COCc1ccc(OC)cc1)COCc1ccc(OC)cc1. The van der Waals surface area contributed by atoms with Crippen molar-refractivity contribution < 1.29 is 23.7 Å². The fourth-order valence-electron chi connectivity index (χ4n) is 2.60. The maximum Gasteiger partial charge on any atom is 0.140 e. The molecule has 5 nitrogen and oxygen atoms in total. The Bertz CT molecular complexity index is 625. The third kappa shape index (κ3) is 7.04. The van der Waals surface area contributed by atoms with Gasteiger partial charge in [0.1, 0.15) is 17.3 Å². The average Bonchev–Trinajstić information content (AvgIpc) is 2.73. The van der Waals surface area contributed by atoms with E-state index in [0.29, 0.717) is 32.8 Å². The van der Waals surface area contributed by atoms with Crippen LogP contribution in [0, 0.1) is 5.92 Å². The van der Waals surface area contributed by atoms with Crippen LogP contribution >= 0.6 is 0 Å². The van der Waals surface area contributed by atoms with E-state index in [2.05, 4.69) is 0 Å². The van der Waals surface area contributed by atoms with Crippen LogP contribution in [0.2, 0.25) is 0 Å². The van der Waals surface area contributed by atoms with E-state index in [0.717, 1.165) is 22.6 Å². The number of ketones is 1. The molecule has 0 radical (unpaired) electrons. The smallest absolute Gasteiger partial charge is 0.140 e. The van der Waals surface area contributed by atoms with E-state index >= 15 is 0 Å². The molecule has 2 aromatic rings. The van der Waals surface area contributed by atoms with Gasteiger partial charge in [0.15, 0.2) is 0 Å². The number of Topliss-reactive ketones (excluding diaryl/α,β-unsaturated/α-hetero) is 1. The van der Waals surface area contributed by atoms with E-state index in [1.54, 1.807) is 14.2 Å². The van der Waals surface area contributed by atoms with Crippen molar-refractivity contribution in [3.05, 3.63) is 59.7 Å². The molecule has 0 heterocycles. The molecule has 0 spiro atoms. The summed E-state index contributed by atoms with van der Waals surface area (Å²) in [6, 6.07) is 15.4. The largest absolute Gasteiger partial charge is 0.497 e. The minimum absolute atomic E-state index is 0.152. The van der Waals surface area contributed by atoms with Crippen molar-refractivity contribution >= 4 is 5.78 Å². The van der Waals surface area contributed by atoms with E-state index in [-0.39, 0.29) is 11.7 Å². The van der Waals surface area contributed by atoms with Gasteiger partial charge in [-0.1, -0.05) is 31.2 Å². The molecule has 27 heavy (non-hydrogen) atoms. The molecule has 146 valence electrons. The lowest BCUT2D eigenvalue weighted by Crippen LogP contribution is -2.24. The molecule has 0 aliphatic carbocycles.